The van der Waals surface area contributed by atoms with Gasteiger partial charge >= 0.3 is 5.97 Å². The van der Waals surface area contributed by atoms with Crippen LogP contribution in [0.25, 0.3) is 0 Å². The number of hydrogen-bond acceptors (Lipinski definition) is 4. The Labute approximate surface area is 215 Å². The van der Waals surface area contributed by atoms with E-state index in [0.717, 1.165) is 28.9 Å². The summed E-state index contributed by atoms with van der Waals surface area (Å²) in [7, 11) is 0. The molecule has 10 heteroatoms. The number of benzene rings is 2. The lowest BCUT2D eigenvalue weighted by atomic mass is 10.1. The number of esters is 1. The molecule has 2 fully saturated rings. The number of nitrogens with one attached hydrogen (secondary N) is 1. The van der Waals surface area contributed by atoms with Gasteiger partial charge in [0.25, 0.3) is 0 Å². The molecule has 1 aliphatic carbocycles. The summed E-state index contributed by atoms with van der Waals surface area (Å²) in [5, 5.41) is 2.74. The molecule has 0 spiro atoms. The van der Waals surface area contributed by atoms with E-state index in [9.17, 15) is 27.6 Å². The van der Waals surface area contributed by atoms with Crippen LogP contribution in [0.1, 0.15) is 49.7 Å². The molecule has 36 heavy (non-hydrogen) atoms. The monoisotopic (exact) mass is 566 g/mol. The minimum absolute atomic E-state index is 0.0732. The highest BCUT2D eigenvalue weighted by molar-refractivity contribution is 9.10. The van der Waals surface area contributed by atoms with Gasteiger partial charge in [-0.15, -0.1) is 0 Å². The standard InChI is InChI=1S/C26H26BrF3N2O4/c27-18-5-3-16(4-6-18)14-36-26(35)22(9-15-1-2-15)31-23(33)12-20-7-8-24(34)32(20)13-17-10-19(28)11-21(29)25(17)30/h3-6,10-11,15,20,22H,1-2,7-9,12-14H2,(H,31,33)/t20-,22-/m0/s1. The molecule has 0 aromatic heterocycles. The number of nitrogens with zero attached hydrogens (tertiary/aromatic N) is 1. The first-order valence-corrected chi connectivity index (χ1v) is 12.6. The number of ether oxygens (including phenoxy) is 1. The lowest BCUT2D eigenvalue weighted by Crippen LogP contribution is -2.44. The summed E-state index contributed by atoms with van der Waals surface area (Å²) in [5.41, 5.74) is 0.514. The minimum Gasteiger partial charge on any atom is -0.459 e. The number of hydrogen-bond donors (Lipinski definition) is 1. The van der Waals surface area contributed by atoms with Gasteiger partial charge < -0.3 is 15.0 Å². The molecule has 1 saturated heterocycles. The molecule has 4 rings (SSSR count). The molecule has 0 radical (unpaired) electrons. The van der Waals surface area contributed by atoms with Crippen molar-refractivity contribution in [3.8, 4) is 0 Å². The first-order valence-electron chi connectivity index (χ1n) is 11.8. The molecule has 0 bridgehead atoms. The summed E-state index contributed by atoms with van der Waals surface area (Å²) in [6.45, 7) is -0.276. The van der Waals surface area contributed by atoms with Crippen molar-refractivity contribution in [1.82, 2.24) is 10.2 Å². The van der Waals surface area contributed by atoms with E-state index < -0.39 is 41.4 Å². The second-order valence-corrected chi connectivity index (χ2v) is 10.2. The van der Waals surface area contributed by atoms with E-state index in [1.54, 1.807) is 0 Å². The first kappa shape index (κ1) is 26.2. The number of amides is 2. The van der Waals surface area contributed by atoms with Crippen molar-refractivity contribution >= 4 is 33.7 Å². The molecule has 192 valence electrons. The molecule has 0 unspecified atom stereocenters. The second-order valence-electron chi connectivity index (χ2n) is 9.31. The molecule has 1 N–H and O–H groups in total. The molecule has 2 atom stereocenters. The topological polar surface area (TPSA) is 75.7 Å². The van der Waals surface area contributed by atoms with Crippen LogP contribution in [0.4, 0.5) is 13.2 Å². The third-order valence-electron chi connectivity index (χ3n) is 6.46. The van der Waals surface area contributed by atoms with Crippen molar-refractivity contribution in [2.24, 2.45) is 5.92 Å². The average Bonchev–Trinajstić information content (AvgIpc) is 3.60. The Bertz CT molecular complexity index is 1140. The SMILES string of the molecule is O=C(C[C@@H]1CCC(=O)N1Cc1cc(F)cc(F)c1F)N[C@@H](CC1CC1)C(=O)OCc1ccc(Br)cc1. The Morgan fingerprint density at radius 3 is 2.53 bits per heavy atom. The maximum absolute atomic E-state index is 14.1. The molecular weight excluding hydrogens is 541 g/mol. The fourth-order valence-electron chi connectivity index (χ4n) is 4.33. The first-order chi connectivity index (χ1) is 17.2. The van der Waals surface area contributed by atoms with Crippen LogP contribution in [0.5, 0.6) is 0 Å². The quantitative estimate of drug-likeness (QED) is 0.332. The third kappa shape index (κ3) is 6.87. The number of carbonyl (C=O) groups excluding carboxylic acids is 3. The van der Waals surface area contributed by atoms with Crippen LogP contribution in [0.2, 0.25) is 0 Å². The number of likely N-dealkylation sites (tertiary alicyclic amines) is 1. The van der Waals surface area contributed by atoms with Gasteiger partial charge in [-0.25, -0.2) is 18.0 Å². The van der Waals surface area contributed by atoms with E-state index in [2.05, 4.69) is 21.2 Å². The number of rotatable bonds is 10. The molecule has 6 nitrogen and oxygen atoms in total. The van der Waals surface area contributed by atoms with Gasteiger partial charge in [0.05, 0.1) is 0 Å². The van der Waals surface area contributed by atoms with E-state index in [0.29, 0.717) is 24.8 Å². The largest absolute Gasteiger partial charge is 0.459 e. The van der Waals surface area contributed by atoms with Crippen molar-refractivity contribution < 1.29 is 32.3 Å². The van der Waals surface area contributed by atoms with E-state index in [4.69, 9.17) is 4.74 Å². The van der Waals surface area contributed by atoms with E-state index in [1.165, 1.54) is 4.90 Å². The molecular formula is C26H26BrF3N2O4. The van der Waals surface area contributed by atoms with Crippen LogP contribution in [0.15, 0.2) is 40.9 Å². The van der Waals surface area contributed by atoms with Gasteiger partial charge in [-0.05, 0) is 42.5 Å². The molecule has 2 aliphatic rings. The fourth-order valence-corrected chi connectivity index (χ4v) is 4.60. The highest BCUT2D eigenvalue weighted by Gasteiger charge is 2.36. The van der Waals surface area contributed by atoms with E-state index >= 15 is 0 Å². The van der Waals surface area contributed by atoms with Crippen LogP contribution in [0, 0.1) is 23.4 Å². The fraction of sp³-hybridized carbons (Fsp3) is 0.423. The van der Waals surface area contributed by atoms with Crippen molar-refractivity contribution in [3.63, 3.8) is 0 Å². The minimum atomic E-state index is -1.34. The van der Waals surface area contributed by atoms with Crippen LogP contribution in [0.3, 0.4) is 0 Å². The maximum atomic E-state index is 14.1. The van der Waals surface area contributed by atoms with Gasteiger partial charge in [-0.3, -0.25) is 9.59 Å². The molecule has 1 heterocycles. The lowest BCUT2D eigenvalue weighted by molar-refractivity contribution is -0.149. The normalized spacial score (nSPS) is 18.3. The van der Waals surface area contributed by atoms with Crippen LogP contribution in [-0.4, -0.2) is 34.8 Å². The van der Waals surface area contributed by atoms with Crippen LogP contribution >= 0.6 is 15.9 Å². The van der Waals surface area contributed by atoms with Gasteiger partial charge in [0.2, 0.25) is 11.8 Å². The molecule has 1 saturated carbocycles. The van der Waals surface area contributed by atoms with Crippen molar-refractivity contribution in [2.75, 3.05) is 0 Å². The van der Waals surface area contributed by atoms with Crippen molar-refractivity contribution in [2.45, 2.75) is 63.8 Å². The molecule has 1 aliphatic heterocycles. The number of carbonyl (C=O) groups is 3. The van der Waals surface area contributed by atoms with Crippen molar-refractivity contribution in [1.29, 1.82) is 0 Å². The second kappa shape index (κ2) is 11.5. The highest BCUT2D eigenvalue weighted by Crippen LogP contribution is 2.34. The summed E-state index contributed by atoms with van der Waals surface area (Å²) in [5.74, 6) is -4.49. The van der Waals surface area contributed by atoms with Gasteiger partial charge in [-0.2, -0.15) is 0 Å². The summed E-state index contributed by atoms with van der Waals surface area (Å²) in [6, 6.07) is 7.20. The Morgan fingerprint density at radius 2 is 1.83 bits per heavy atom. The summed E-state index contributed by atoms with van der Waals surface area (Å²) in [4.78, 5) is 39.3. The van der Waals surface area contributed by atoms with Gasteiger partial charge in [-0.1, -0.05) is 40.9 Å². The molecule has 2 amide bonds. The predicted molar refractivity (Wildman–Crippen MR) is 128 cm³/mol. The predicted octanol–water partition coefficient (Wildman–Crippen LogP) is 4.78. The number of halogens is 4. The zero-order valence-corrected chi connectivity index (χ0v) is 21.0. The van der Waals surface area contributed by atoms with Crippen molar-refractivity contribution in [3.05, 3.63) is 69.4 Å². The summed E-state index contributed by atoms with van der Waals surface area (Å²) >= 11 is 3.35. The van der Waals surface area contributed by atoms with Gasteiger partial charge in [0, 0.05) is 41.5 Å². The third-order valence-corrected chi connectivity index (χ3v) is 6.99. The maximum Gasteiger partial charge on any atom is 0.328 e. The Balaban J connectivity index is 1.36. The van der Waals surface area contributed by atoms with Crippen LogP contribution < -0.4 is 5.32 Å². The zero-order valence-electron chi connectivity index (χ0n) is 19.4. The summed E-state index contributed by atoms with van der Waals surface area (Å²) < 4.78 is 47.7. The van der Waals surface area contributed by atoms with Crippen LogP contribution in [-0.2, 0) is 32.3 Å². The highest BCUT2D eigenvalue weighted by atomic mass is 79.9. The Hall–Kier alpha value is -2.88. The smallest absolute Gasteiger partial charge is 0.328 e. The molecule has 2 aromatic rings. The molecule has 2 aromatic carbocycles. The van der Waals surface area contributed by atoms with E-state index in [-0.39, 0.29) is 37.5 Å². The lowest BCUT2D eigenvalue weighted by Gasteiger charge is -2.26. The summed E-state index contributed by atoms with van der Waals surface area (Å²) in [6.07, 6.45) is 2.78. The van der Waals surface area contributed by atoms with Gasteiger partial charge in [0.15, 0.2) is 11.6 Å². The zero-order chi connectivity index (χ0) is 25.8. The van der Waals surface area contributed by atoms with Gasteiger partial charge in [0.1, 0.15) is 18.5 Å². The average molecular weight is 567 g/mol. The Kier molecular flexibility index (Phi) is 8.33. The van der Waals surface area contributed by atoms with E-state index in [1.807, 2.05) is 24.3 Å². The Morgan fingerprint density at radius 1 is 1.11 bits per heavy atom.